The summed E-state index contributed by atoms with van der Waals surface area (Å²) in [6.45, 7) is 0. The Kier molecular flexibility index (Phi) is 3.51. The van der Waals surface area contributed by atoms with Crippen LogP contribution in [0, 0.1) is 10.1 Å². The van der Waals surface area contributed by atoms with Crippen LogP contribution >= 0.6 is 15.9 Å². The first-order valence-electron chi connectivity index (χ1n) is 3.68. The molecule has 8 heteroatoms. The maximum Gasteiger partial charge on any atom is 0.314 e. The van der Waals surface area contributed by atoms with E-state index in [1.807, 2.05) is 0 Å². The molecule has 1 aromatic heterocycles. The first kappa shape index (κ1) is 11.8. The SMILES string of the molecule is O=[N+]([O-])c1cc(CBr)nc(C(F)F)c1O. The van der Waals surface area contributed by atoms with E-state index in [9.17, 15) is 18.9 Å². The molecule has 0 aromatic carbocycles. The quantitative estimate of drug-likeness (QED) is 0.525. The van der Waals surface area contributed by atoms with Gasteiger partial charge in [-0.05, 0) is 0 Å². The number of alkyl halides is 3. The van der Waals surface area contributed by atoms with Crippen molar-refractivity contribution in [3.8, 4) is 5.75 Å². The van der Waals surface area contributed by atoms with Crippen LogP contribution in [0.5, 0.6) is 5.75 Å². The van der Waals surface area contributed by atoms with Crippen LogP contribution in [-0.2, 0) is 5.33 Å². The van der Waals surface area contributed by atoms with Crippen LogP contribution in [0.3, 0.4) is 0 Å². The van der Waals surface area contributed by atoms with E-state index < -0.39 is 28.5 Å². The van der Waals surface area contributed by atoms with E-state index in [1.165, 1.54) is 0 Å². The van der Waals surface area contributed by atoms with Crippen LogP contribution in [0.2, 0.25) is 0 Å². The zero-order valence-electron chi connectivity index (χ0n) is 7.15. The number of halogens is 3. The van der Waals surface area contributed by atoms with Crippen molar-refractivity contribution in [2.24, 2.45) is 0 Å². The molecule has 0 fully saturated rings. The minimum absolute atomic E-state index is 0.0646. The number of aromatic hydroxyl groups is 1. The number of nitrogens with zero attached hydrogens (tertiary/aromatic N) is 2. The monoisotopic (exact) mass is 282 g/mol. The van der Waals surface area contributed by atoms with Crippen LogP contribution in [0.4, 0.5) is 14.5 Å². The number of rotatable bonds is 3. The lowest BCUT2D eigenvalue weighted by Crippen LogP contribution is -1.99. The van der Waals surface area contributed by atoms with Crippen LogP contribution in [0.25, 0.3) is 0 Å². The third kappa shape index (κ3) is 2.38. The predicted molar refractivity (Wildman–Crippen MR) is 50.1 cm³/mol. The van der Waals surface area contributed by atoms with Gasteiger partial charge in [0.2, 0.25) is 5.75 Å². The summed E-state index contributed by atoms with van der Waals surface area (Å²) in [5, 5.41) is 19.7. The van der Waals surface area contributed by atoms with Gasteiger partial charge in [-0.2, -0.15) is 0 Å². The molecule has 0 aliphatic rings. The Bertz CT molecular complexity index is 400. The molecule has 82 valence electrons. The second-order valence-corrected chi connectivity index (χ2v) is 3.12. The van der Waals surface area contributed by atoms with Gasteiger partial charge in [-0.3, -0.25) is 10.1 Å². The molecule has 0 radical (unpaired) electrons. The maximum atomic E-state index is 12.3. The van der Waals surface area contributed by atoms with E-state index in [-0.39, 0.29) is 11.0 Å². The van der Waals surface area contributed by atoms with Gasteiger partial charge in [-0.25, -0.2) is 13.8 Å². The van der Waals surface area contributed by atoms with Gasteiger partial charge in [0.05, 0.1) is 10.6 Å². The van der Waals surface area contributed by atoms with Crippen molar-refractivity contribution in [1.29, 1.82) is 0 Å². The molecule has 0 saturated carbocycles. The van der Waals surface area contributed by atoms with Crippen molar-refractivity contribution in [3.05, 3.63) is 27.6 Å². The number of hydrogen-bond acceptors (Lipinski definition) is 4. The molecule has 5 nitrogen and oxygen atoms in total. The molecule has 0 spiro atoms. The second-order valence-electron chi connectivity index (χ2n) is 2.56. The Balaban J connectivity index is 3.40. The van der Waals surface area contributed by atoms with Crippen molar-refractivity contribution < 1.29 is 18.8 Å². The average Bonchev–Trinajstić information content (AvgIpc) is 2.17. The molecule has 1 aromatic rings. The maximum absolute atomic E-state index is 12.3. The van der Waals surface area contributed by atoms with E-state index in [1.54, 1.807) is 0 Å². The van der Waals surface area contributed by atoms with Crippen molar-refractivity contribution in [2.75, 3.05) is 0 Å². The second kappa shape index (κ2) is 4.47. The smallest absolute Gasteiger partial charge is 0.314 e. The topological polar surface area (TPSA) is 76.3 Å². The lowest BCUT2D eigenvalue weighted by molar-refractivity contribution is -0.386. The van der Waals surface area contributed by atoms with Crippen LogP contribution in [0.1, 0.15) is 17.8 Å². The summed E-state index contributed by atoms with van der Waals surface area (Å²) >= 11 is 2.94. The van der Waals surface area contributed by atoms with E-state index in [0.29, 0.717) is 0 Å². The Hall–Kier alpha value is -1.31. The third-order valence-corrected chi connectivity index (χ3v) is 2.17. The molecule has 0 saturated heterocycles. The van der Waals surface area contributed by atoms with Crippen LogP contribution in [0.15, 0.2) is 6.07 Å². The molecule has 1 heterocycles. The summed E-state index contributed by atoms with van der Waals surface area (Å²) in [4.78, 5) is 12.9. The highest BCUT2D eigenvalue weighted by atomic mass is 79.9. The summed E-state index contributed by atoms with van der Waals surface area (Å²) < 4.78 is 24.7. The minimum atomic E-state index is -3.05. The first-order valence-corrected chi connectivity index (χ1v) is 4.80. The molecule has 0 atom stereocenters. The number of nitro groups is 1. The zero-order valence-corrected chi connectivity index (χ0v) is 8.74. The van der Waals surface area contributed by atoms with Gasteiger partial charge in [0, 0.05) is 11.4 Å². The fourth-order valence-electron chi connectivity index (χ4n) is 0.957. The first-order chi connectivity index (χ1) is 6.97. The minimum Gasteiger partial charge on any atom is -0.501 e. The van der Waals surface area contributed by atoms with E-state index in [0.717, 1.165) is 6.07 Å². The van der Waals surface area contributed by atoms with Crippen molar-refractivity contribution >= 4 is 21.6 Å². The number of aromatic nitrogens is 1. The normalized spacial score (nSPS) is 10.7. The Morgan fingerprint density at radius 1 is 1.67 bits per heavy atom. The van der Waals surface area contributed by atoms with Crippen molar-refractivity contribution in [2.45, 2.75) is 11.8 Å². The van der Waals surface area contributed by atoms with E-state index in [2.05, 4.69) is 20.9 Å². The summed E-state index contributed by atoms with van der Waals surface area (Å²) in [5.41, 5.74) is -1.68. The zero-order chi connectivity index (χ0) is 11.6. The molecule has 1 rings (SSSR count). The fourth-order valence-corrected chi connectivity index (χ4v) is 1.24. The molecular formula is C7H5BrF2N2O3. The largest absolute Gasteiger partial charge is 0.501 e. The van der Waals surface area contributed by atoms with Gasteiger partial charge >= 0.3 is 5.69 Å². The summed E-state index contributed by atoms with van der Waals surface area (Å²) in [6, 6.07) is 0.940. The number of hydrogen-bond donors (Lipinski definition) is 1. The van der Waals surface area contributed by atoms with E-state index >= 15 is 0 Å². The van der Waals surface area contributed by atoms with Gasteiger partial charge in [0.1, 0.15) is 0 Å². The third-order valence-electron chi connectivity index (χ3n) is 1.59. The fraction of sp³-hybridized carbons (Fsp3) is 0.286. The molecule has 0 aliphatic heterocycles. The van der Waals surface area contributed by atoms with E-state index in [4.69, 9.17) is 5.11 Å². The number of pyridine rings is 1. The Morgan fingerprint density at radius 2 is 2.27 bits per heavy atom. The highest BCUT2D eigenvalue weighted by molar-refractivity contribution is 9.08. The molecule has 0 amide bonds. The highest BCUT2D eigenvalue weighted by Crippen LogP contribution is 2.35. The standard InChI is InChI=1S/C7H5BrF2N2O3/c8-2-3-1-4(12(14)15)6(13)5(11-3)7(9)10/h1,7,13H,2H2. The van der Waals surface area contributed by atoms with Gasteiger partial charge in [0.15, 0.2) is 5.69 Å². The predicted octanol–water partition coefficient (Wildman–Crippen LogP) is 2.53. The van der Waals surface area contributed by atoms with Gasteiger partial charge in [-0.15, -0.1) is 0 Å². The van der Waals surface area contributed by atoms with Gasteiger partial charge < -0.3 is 5.11 Å². The molecule has 0 unspecified atom stereocenters. The van der Waals surface area contributed by atoms with Crippen LogP contribution < -0.4 is 0 Å². The van der Waals surface area contributed by atoms with Crippen molar-refractivity contribution in [1.82, 2.24) is 4.98 Å². The van der Waals surface area contributed by atoms with Gasteiger partial charge in [0.25, 0.3) is 6.43 Å². The molecule has 15 heavy (non-hydrogen) atoms. The average molecular weight is 283 g/mol. The Labute approximate surface area is 91.0 Å². The molecule has 0 bridgehead atoms. The molecular weight excluding hydrogens is 278 g/mol. The Morgan fingerprint density at radius 3 is 2.67 bits per heavy atom. The van der Waals surface area contributed by atoms with Crippen molar-refractivity contribution in [3.63, 3.8) is 0 Å². The highest BCUT2D eigenvalue weighted by Gasteiger charge is 2.25. The molecule has 1 N–H and O–H groups in total. The summed E-state index contributed by atoms with van der Waals surface area (Å²) in [6.07, 6.45) is -3.05. The molecule has 0 aliphatic carbocycles. The summed E-state index contributed by atoms with van der Waals surface area (Å²) in [5.74, 6) is -1.08. The van der Waals surface area contributed by atoms with Gasteiger partial charge in [-0.1, -0.05) is 15.9 Å². The summed E-state index contributed by atoms with van der Waals surface area (Å²) in [7, 11) is 0. The lowest BCUT2D eigenvalue weighted by atomic mass is 10.2. The lowest BCUT2D eigenvalue weighted by Gasteiger charge is -2.04. The van der Waals surface area contributed by atoms with Crippen LogP contribution in [-0.4, -0.2) is 15.0 Å².